The molecule has 1 aromatic carbocycles. The summed E-state index contributed by atoms with van der Waals surface area (Å²) in [6.45, 7) is 3.61. The number of hydrogen-bond donors (Lipinski definition) is 1. The van der Waals surface area contributed by atoms with Crippen LogP contribution in [0.4, 0.5) is 0 Å². The number of benzene rings is 1. The Balaban J connectivity index is 2.01. The van der Waals surface area contributed by atoms with Gasteiger partial charge in [0.1, 0.15) is 0 Å². The minimum Gasteiger partial charge on any atom is -0.478 e. The molecule has 1 aliphatic rings. The van der Waals surface area contributed by atoms with Crippen molar-refractivity contribution >= 4 is 5.97 Å². The molecule has 5 heteroatoms. The summed E-state index contributed by atoms with van der Waals surface area (Å²) >= 11 is 0. The van der Waals surface area contributed by atoms with E-state index in [0.717, 1.165) is 35.2 Å². The number of aliphatic carboxylic acids is 1. The van der Waals surface area contributed by atoms with Gasteiger partial charge in [-0.3, -0.25) is 4.90 Å². The van der Waals surface area contributed by atoms with Gasteiger partial charge in [-0.05, 0) is 37.2 Å². The first-order valence-electron chi connectivity index (χ1n) is 6.03. The maximum atomic E-state index is 10.4. The van der Waals surface area contributed by atoms with Gasteiger partial charge in [-0.15, -0.1) is 0 Å². The van der Waals surface area contributed by atoms with Crippen molar-refractivity contribution in [1.29, 1.82) is 0 Å². The lowest BCUT2D eigenvalue weighted by molar-refractivity contribution is -0.131. The number of carboxylic acids is 1. The summed E-state index contributed by atoms with van der Waals surface area (Å²) in [5.41, 5.74) is 2.29. The van der Waals surface area contributed by atoms with Gasteiger partial charge in [-0.25, -0.2) is 4.79 Å². The number of ether oxygens (including phenoxy) is 2. The summed E-state index contributed by atoms with van der Waals surface area (Å²) in [5, 5.41) is 8.53. The molecule has 2 rings (SSSR count). The Morgan fingerprint density at radius 1 is 1.42 bits per heavy atom. The molecule has 1 N–H and O–H groups in total. The van der Waals surface area contributed by atoms with Crippen LogP contribution in [0.2, 0.25) is 0 Å². The molecule has 0 aromatic heterocycles. The summed E-state index contributed by atoms with van der Waals surface area (Å²) in [7, 11) is 1.94. The molecule has 0 amide bonds. The monoisotopic (exact) mass is 263 g/mol. The van der Waals surface area contributed by atoms with Crippen LogP contribution in [0.15, 0.2) is 24.3 Å². The molecule has 0 unspecified atom stereocenters. The van der Waals surface area contributed by atoms with Crippen molar-refractivity contribution in [2.45, 2.75) is 13.5 Å². The first-order valence-corrected chi connectivity index (χ1v) is 6.03. The van der Waals surface area contributed by atoms with Gasteiger partial charge in [0.25, 0.3) is 0 Å². The fourth-order valence-electron chi connectivity index (χ4n) is 1.94. The zero-order chi connectivity index (χ0) is 13.8. The summed E-state index contributed by atoms with van der Waals surface area (Å²) in [5.74, 6) is 0.636. The summed E-state index contributed by atoms with van der Waals surface area (Å²) in [6.07, 6.45) is 2.79. The molecule has 0 saturated carbocycles. The lowest BCUT2D eigenvalue weighted by Gasteiger charge is -2.16. The van der Waals surface area contributed by atoms with Crippen LogP contribution in [-0.4, -0.2) is 36.4 Å². The number of nitrogens with zero attached hydrogens (tertiary/aromatic N) is 1. The second-order valence-corrected chi connectivity index (χ2v) is 4.57. The Bertz CT molecular complexity index is 510. The maximum Gasteiger partial charge on any atom is 0.328 e. The van der Waals surface area contributed by atoms with E-state index in [2.05, 4.69) is 0 Å². The molecule has 0 saturated heterocycles. The van der Waals surface area contributed by atoms with Gasteiger partial charge < -0.3 is 14.6 Å². The van der Waals surface area contributed by atoms with E-state index in [1.54, 1.807) is 6.08 Å². The highest BCUT2D eigenvalue weighted by Gasteiger charge is 2.15. The van der Waals surface area contributed by atoms with E-state index in [1.807, 2.05) is 31.0 Å². The molecule has 19 heavy (non-hydrogen) atoms. The molecule has 0 spiro atoms. The van der Waals surface area contributed by atoms with Crippen LogP contribution in [-0.2, 0) is 11.3 Å². The third-order valence-corrected chi connectivity index (χ3v) is 2.95. The topological polar surface area (TPSA) is 59.0 Å². The van der Waals surface area contributed by atoms with Crippen molar-refractivity contribution in [3.63, 3.8) is 0 Å². The van der Waals surface area contributed by atoms with Crippen molar-refractivity contribution in [2.75, 3.05) is 20.4 Å². The van der Waals surface area contributed by atoms with Crippen LogP contribution in [0.25, 0.3) is 0 Å². The largest absolute Gasteiger partial charge is 0.478 e. The van der Waals surface area contributed by atoms with Gasteiger partial charge in [0, 0.05) is 19.2 Å². The Hall–Kier alpha value is -2.01. The Labute approximate surface area is 112 Å². The van der Waals surface area contributed by atoms with Crippen molar-refractivity contribution < 1.29 is 19.4 Å². The minimum absolute atomic E-state index is 0.273. The highest BCUT2D eigenvalue weighted by molar-refractivity contribution is 5.79. The fourth-order valence-corrected chi connectivity index (χ4v) is 1.94. The van der Waals surface area contributed by atoms with Crippen LogP contribution in [0.3, 0.4) is 0 Å². The molecule has 1 heterocycles. The van der Waals surface area contributed by atoms with Gasteiger partial charge in [0.15, 0.2) is 11.5 Å². The Morgan fingerprint density at radius 2 is 2.11 bits per heavy atom. The van der Waals surface area contributed by atoms with Gasteiger partial charge in [-0.1, -0.05) is 6.08 Å². The molecular weight excluding hydrogens is 246 g/mol. The zero-order valence-corrected chi connectivity index (χ0v) is 11.0. The average molecular weight is 263 g/mol. The molecule has 0 aliphatic carbocycles. The van der Waals surface area contributed by atoms with E-state index >= 15 is 0 Å². The lowest BCUT2D eigenvalue weighted by Crippen LogP contribution is -2.18. The quantitative estimate of drug-likeness (QED) is 0.821. The average Bonchev–Trinajstić information content (AvgIpc) is 2.76. The standard InChI is InChI=1S/C14H17NO4/c1-10-6-12-13(19-9-18-12)7-11(10)8-15(2)5-3-4-14(16)17/h3-4,6-7H,5,8-9H2,1-2H3,(H,16,17)/b4-3+. The summed E-state index contributed by atoms with van der Waals surface area (Å²) < 4.78 is 10.7. The SMILES string of the molecule is Cc1cc2c(cc1CN(C)C/C=C/C(=O)O)OCO2. The molecular formula is C14H17NO4. The molecule has 0 bridgehead atoms. The highest BCUT2D eigenvalue weighted by Crippen LogP contribution is 2.34. The molecule has 102 valence electrons. The smallest absolute Gasteiger partial charge is 0.328 e. The Morgan fingerprint density at radius 3 is 2.79 bits per heavy atom. The molecule has 1 aromatic rings. The van der Waals surface area contributed by atoms with Gasteiger partial charge in [0.2, 0.25) is 6.79 Å². The van der Waals surface area contributed by atoms with Crippen LogP contribution in [0, 0.1) is 6.92 Å². The van der Waals surface area contributed by atoms with Crippen LogP contribution < -0.4 is 9.47 Å². The van der Waals surface area contributed by atoms with Crippen molar-refractivity contribution in [3.8, 4) is 11.5 Å². The van der Waals surface area contributed by atoms with E-state index in [4.69, 9.17) is 14.6 Å². The molecule has 0 fully saturated rings. The fraction of sp³-hybridized carbons (Fsp3) is 0.357. The summed E-state index contributed by atoms with van der Waals surface area (Å²) in [4.78, 5) is 12.4. The second kappa shape index (κ2) is 5.75. The Kier molecular flexibility index (Phi) is 4.06. The minimum atomic E-state index is -0.923. The van der Waals surface area contributed by atoms with Gasteiger partial charge in [0.05, 0.1) is 0 Å². The number of hydrogen-bond acceptors (Lipinski definition) is 4. The van der Waals surface area contributed by atoms with E-state index in [0.29, 0.717) is 6.54 Å². The summed E-state index contributed by atoms with van der Waals surface area (Å²) in [6, 6.07) is 3.95. The predicted octanol–water partition coefficient (Wildman–Crippen LogP) is 1.80. The van der Waals surface area contributed by atoms with E-state index in [9.17, 15) is 4.79 Å². The van der Waals surface area contributed by atoms with Crippen molar-refractivity contribution in [2.24, 2.45) is 0 Å². The predicted molar refractivity (Wildman–Crippen MR) is 70.4 cm³/mol. The van der Waals surface area contributed by atoms with Crippen LogP contribution in [0.5, 0.6) is 11.5 Å². The van der Waals surface area contributed by atoms with E-state index in [1.165, 1.54) is 0 Å². The number of aryl methyl sites for hydroxylation is 1. The number of carbonyl (C=O) groups is 1. The third-order valence-electron chi connectivity index (χ3n) is 2.95. The third kappa shape index (κ3) is 3.48. The van der Waals surface area contributed by atoms with E-state index < -0.39 is 5.97 Å². The molecule has 0 atom stereocenters. The van der Waals surface area contributed by atoms with Crippen LogP contribution >= 0.6 is 0 Å². The number of fused-ring (bicyclic) bond motifs is 1. The second-order valence-electron chi connectivity index (χ2n) is 4.57. The van der Waals surface area contributed by atoms with E-state index in [-0.39, 0.29) is 6.79 Å². The normalized spacial score (nSPS) is 13.4. The number of carboxylic acid groups (broad SMARTS) is 1. The highest BCUT2D eigenvalue weighted by atomic mass is 16.7. The van der Waals surface area contributed by atoms with Crippen molar-refractivity contribution in [3.05, 3.63) is 35.4 Å². The number of rotatable bonds is 5. The van der Waals surface area contributed by atoms with Gasteiger partial charge in [-0.2, -0.15) is 0 Å². The first-order chi connectivity index (χ1) is 9.06. The first kappa shape index (κ1) is 13.4. The van der Waals surface area contributed by atoms with Crippen molar-refractivity contribution in [1.82, 2.24) is 4.90 Å². The molecule has 0 radical (unpaired) electrons. The molecule has 1 aliphatic heterocycles. The van der Waals surface area contributed by atoms with Gasteiger partial charge >= 0.3 is 5.97 Å². The molecule has 5 nitrogen and oxygen atoms in total. The maximum absolute atomic E-state index is 10.4. The zero-order valence-electron chi connectivity index (χ0n) is 11.0. The number of likely N-dealkylation sites (N-methyl/N-ethyl adjacent to an activating group) is 1. The van der Waals surface area contributed by atoms with Crippen LogP contribution in [0.1, 0.15) is 11.1 Å². The lowest BCUT2D eigenvalue weighted by atomic mass is 10.1.